The maximum Gasteiger partial charge on any atom is 0.128 e. The van der Waals surface area contributed by atoms with Gasteiger partial charge in [0.05, 0.1) is 11.3 Å². The highest BCUT2D eigenvalue weighted by molar-refractivity contribution is 5.85. The Labute approximate surface area is 226 Å². The van der Waals surface area contributed by atoms with Crippen LogP contribution in [0.5, 0.6) is 0 Å². The lowest BCUT2D eigenvalue weighted by Crippen LogP contribution is -2.52. The van der Waals surface area contributed by atoms with Gasteiger partial charge in [-0.05, 0) is 79.8 Å². The summed E-state index contributed by atoms with van der Waals surface area (Å²) in [4.78, 5) is 16.2. The topological polar surface area (TPSA) is 118 Å². The Kier molecular flexibility index (Phi) is 8.75. The molecule has 1 fully saturated rings. The molecule has 0 atom stereocenters. The normalized spacial score (nSPS) is 15.5. The second kappa shape index (κ2) is 12.2. The first-order valence-corrected chi connectivity index (χ1v) is 13.6. The van der Waals surface area contributed by atoms with Gasteiger partial charge in [0.1, 0.15) is 11.9 Å². The highest BCUT2D eigenvalue weighted by Gasteiger charge is 2.31. The molecule has 7 nitrogen and oxygen atoms in total. The molecule has 3 aromatic rings. The molecule has 0 bridgehead atoms. The summed E-state index contributed by atoms with van der Waals surface area (Å²) in [6, 6.07) is 12.7. The Morgan fingerprint density at radius 2 is 1.84 bits per heavy atom. The standard InChI is InChI=1S/C31H39N7/c1-4-27-9-7-24(20-35-27)16-31(34)11-13-38(14-12-31)29-10-8-25(21-36-29)28-15-23(6-5-22(2)3)19-37-30(28)26(17-32)18-33/h7-10,15,17,19-22H,4-6,11-14,16,32,34H2,1-3H3. The van der Waals surface area contributed by atoms with Crippen LogP contribution in [0.15, 0.2) is 55.1 Å². The number of rotatable bonds is 9. The Morgan fingerprint density at radius 3 is 2.42 bits per heavy atom. The zero-order chi connectivity index (χ0) is 27.1. The highest BCUT2D eigenvalue weighted by Crippen LogP contribution is 2.31. The molecule has 1 saturated heterocycles. The minimum absolute atomic E-state index is 0.231. The van der Waals surface area contributed by atoms with Crippen molar-refractivity contribution < 1.29 is 0 Å². The number of anilines is 1. The Bertz CT molecular complexity index is 1280. The SMILES string of the molecule is CCc1ccc(CC2(N)CCN(c3ccc(-c4cc(CCC(C)C)cnc4C(C#N)=CN)cn3)CC2)cn1. The van der Waals surface area contributed by atoms with E-state index < -0.39 is 0 Å². The zero-order valence-corrected chi connectivity index (χ0v) is 22.8. The second-order valence-corrected chi connectivity index (χ2v) is 10.8. The van der Waals surface area contributed by atoms with Crippen molar-refractivity contribution in [2.24, 2.45) is 17.4 Å². The molecule has 0 saturated carbocycles. The fraction of sp³-hybridized carbons (Fsp3) is 0.419. The molecular formula is C31H39N7. The molecule has 38 heavy (non-hydrogen) atoms. The minimum atomic E-state index is -0.231. The van der Waals surface area contributed by atoms with E-state index in [0.717, 1.165) is 79.8 Å². The number of nitrogens with two attached hydrogens (primary N) is 2. The number of allylic oxidation sites excluding steroid dienone is 1. The molecule has 1 aliphatic heterocycles. The molecule has 0 unspecified atom stereocenters. The molecule has 0 amide bonds. The Morgan fingerprint density at radius 1 is 1.08 bits per heavy atom. The first kappa shape index (κ1) is 27.3. The number of hydrogen-bond donors (Lipinski definition) is 2. The highest BCUT2D eigenvalue weighted by atomic mass is 15.2. The summed E-state index contributed by atoms with van der Waals surface area (Å²) in [6.07, 6.45) is 12.6. The van der Waals surface area contributed by atoms with Crippen molar-refractivity contribution in [3.8, 4) is 17.2 Å². The van der Waals surface area contributed by atoms with Crippen molar-refractivity contribution in [3.05, 3.63) is 77.6 Å². The third-order valence-corrected chi connectivity index (χ3v) is 7.44. The van der Waals surface area contributed by atoms with Crippen LogP contribution in [0.25, 0.3) is 16.7 Å². The van der Waals surface area contributed by atoms with Crippen LogP contribution in [-0.2, 0) is 19.3 Å². The quantitative estimate of drug-likeness (QED) is 0.387. The lowest BCUT2D eigenvalue weighted by molar-refractivity contribution is 0.330. The fourth-order valence-electron chi connectivity index (χ4n) is 4.97. The maximum atomic E-state index is 9.60. The van der Waals surface area contributed by atoms with Gasteiger partial charge in [0.2, 0.25) is 0 Å². The van der Waals surface area contributed by atoms with Gasteiger partial charge in [-0.1, -0.05) is 26.8 Å². The van der Waals surface area contributed by atoms with Crippen LogP contribution in [0.1, 0.15) is 62.5 Å². The molecule has 7 heteroatoms. The molecule has 0 radical (unpaired) electrons. The summed E-state index contributed by atoms with van der Waals surface area (Å²) in [5.74, 6) is 1.54. The maximum absolute atomic E-state index is 9.60. The van der Waals surface area contributed by atoms with Gasteiger partial charge in [-0.25, -0.2) is 4.98 Å². The average molecular weight is 510 g/mol. The average Bonchev–Trinajstić information content (AvgIpc) is 2.94. The van der Waals surface area contributed by atoms with E-state index in [1.165, 1.54) is 11.8 Å². The van der Waals surface area contributed by atoms with Gasteiger partial charge in [0, 0.05) is 60.2 Å². The van der Waals surface area contributed by atoms with E-state index in [4.69, 9.17) is 16.5 Å². The number of piperidine rings is 1. The summed E-state index contributed by atoms with van der Waals surface area (Å²) in [7, 11) is 0. The molecule has 4 heterocycles. The predicted molar refractivity (Wildman–Crippen MR) is 154 cm³/mol. The number of aryl methyl sites for hydroxylation is 2. The zero-order valence-electron chi connectivity index (χ0n) is 22.8. The van der Waals surface area contributed by atoms with Crippen LogP contribution >= 0.6 is 0 Å². The monoisotopic (exact) mass is 509 g/mol. The van der Waals surface area contributed by atoms with Crippen LogP contribution in [0.3, 0.4) is 0 Å². The van der Waals surface area contributed by atoms with E-state index in [0.29, 0.717) is 17.2 Å². The number of nitrogens with zero attached hydrogens (tertiary/aromatic N) is 5. The van der Waals surface area contributed by atoms with Gasteiger partial charge >= 0.3 is 0 Å². The van der Waals surface area contributed by atoms with Gasteiger partial charge in [0.25, 0.3) is 0 Å². The van der Waals surface area contributed by atoms with Gasteiger partial charge in [-0.15, -0.1) is 0 Å². The van der Waals surface area contributed by atoms with Crippen LogP contribution in [0, 0.1) is 17.2 Å². The minimum Gasteiger partial charge on any atom is -0.403 e. The first-order chi connectivity index (χ1) is 18.3. The van der Waals surface area contributed by atoms with Crippen molar-refractivity contribution in [1.82, 2.24) is 15.0 Å². The van der Waals surface area contributed by atoms with Crippen LogP contribution in [-0.4, -0.2) is 33.6 Å². The lowest BCUT2D eigenvalue weighted by Gasteiger charge is -2.40. The molecule has 0 spiro atoms. The fourth-order valence-corrected chi connectivity index (χ4v) is 4.97. The van der Waals surface area contributed by atoms with Gasteiger partial charge in [-0.2, -0.15) is 5.26 Å². The van der Waals surface area contributed by atoms with E-state index in [-0.39, 0.29) is 5.54 Å². The number of hydrogen-bond acceptors (Lipinski definition) is 7. The summed E-state index contributed by atoms with van der Waals surface area (Å²) >= 11 is 0. The summed E-state index contributed by atoms with van der Waals surface area (Å²) in [5, 5.41) is 9.60. The second-order valence-electron chi connectivity index (χ2n) is 10.8. The third-order valence-electron chi connectivity index (χ3n) is 7.44. The van der Waals surface area contributed by atoms with E-state index in [1.807, 2.05) is 18.6 Å². The molecule has 1 aliphatic rings. The van der Waals surface area contributed by atoms with Crippen molar-refractivity contribution in [2.45, 2.75) is 64.8 Å². The van der Waals surface area contributed by atoms with E-state index in [1.54, 1.807) is 0 Å². The number of nitriles is 1. The van der Waals surface area contributed by atoms with Crippen molar-refractivity contribution in [1.29, 1.82) is 5.26 Å². The van der Waals surface area contributed by atoms with E-state index >= 15 is 0 Å². The van der Waals surface area contributed by atoms with Crippen molar-refractivity contribution >= 4 is 11.4 Å². The molecule has 198 valence electrons. The third kappa shape index (κ3) is 6.56. The smallest absolute Gasteiger partial charge is 0.128 e. The molecule has 3 aromatic heterocycles. The molecule has 4 N–H and O–H groups in total. The molecule has 4 rings (SSSR count). The molecular weight excluding hydrogens is 470 g/mol. The van der Waals surface area contributed by atoms with Crippen LogP contribution in [0.2, 0.25) is 0 Å². The van der Waals surface area contributed by atoms with Gasteiger partial charge in [-0.3, -0.25) is 9.97 Å². The van der Waals surface area contributed by atoms with Crippen molar-refractivity contribution in [2.75, 3.05) is 18.0 Å². The Hall–Kier alpha value is -3.76. The van der Waals surface area contributed by atoms with Gasteiger partial charge < -0.3 is 16.4 Å². The largest absolute Gasteiger partial charge is 0.403 e. The summed E-state index contributed by atoms with van der Waals surface area (Å²) < 4.78 is 0. The number of pyridine rings is 3. The van der Waals surface area contributed by atoms with Crippen LogP contribution < -0.4 is 16.4 Å². The first-order valence-electron chi connectivity index (χ1n) is 13.6. The van der Waals surface area contributed by atoms with Crippen LogP contribution in [0.4, 0.5) is 5.82 Å². The predicted octanol–water partition coefficient (Wildman–Crippen LogP) is 5.05. The lowest BCUT2D eigenvalue weighted by atomic mass is 9.83. The van der Waals surface area contributed by atoms with Gasteiger partial charge in [0.15, 0.2) is 0 Å². The van der Waals surface area contributed by atoms with E-state index in [2.05, 4.69) is 72.0 Å². The van der Waals surface area contributed by atoms with E-state index in [9.17, 15) is 5.26 Å². The summed E-state index contributed by atoms with van der Waals surface area (Å²) in [5.41, 5.74) is 18.5. The molecule has 0 aromatic carbocycles. The van der Waals surface area contributed by atoms with Crippen molar-refractivity contribution in [3.63, 3.8) is 0 Å². The molecule has 0 aliphatic carbocycles. The Balaban J connectivity index is 1.48. The number of aromatic nitrogens is 3. The summed E-state index contributed by atoms with van der Waals surface area (Å²) in [6.45, 7) is 8.26.